The molecule has 0 saturated carbocycles. The van der Waals surface area contributed by atoms with E-state index in [0.29, 0.717) is 5.92 Å². The topological polar surface area (TPSA) is 0 Å². The molecular weight excluding hydrogens is 252 g/mol. The van der Waals surface area contributed by atoms with E-state index in [9.17, 15) is 0 Å². The molecule has 0 unspecified atom stereocenters. The van der Waals surface area contributed by atoms with Crippen molar-refractivity contribution in [3.8, 4) is 0 Å². The molecule has 3 aliphatic carbocycles. The molecule has 0 N–H and O–H groups in total. The van der Waals surface area contributed by atoms with E-state index < -0.39 is 0 Å². The highest BCUT2D eigenvalue weighted by molar-refractivity contribution is 5.71. The third kappa shape index (κ3) is 1.18. The van der Waals surface area contributed by atoms with E-state index >= 15 is 0 Å². The Morgan fingerprint density at radius 1 is 0.571 bits per heavy atom. The van der Waals surface area contributed by atoms with Gasteiger partial charge in [0.2, 0.25) is 0 Å². The molecule has 0 aliphatic heterocycles. The Labute approximate surface area is 125 Å². The fourth-order valence-corrected chi connectivity index (χ4v) is 4.55. The molecule has 3 aliphatic rings. The van der Waals surface area contributed by atoms with E-state index in [1.54, 1.807) is 0 Å². The van der Waals surface area contributed by atoms with E-state index in [1.165, 1.54) is 33.4 Å². The smallest absolute Gasteiger partial charge is 0.0432 e. The zero-order valence-corrected chi connectivity index (χ0v) is 12.0. The first kappa shape index (κ1) is 11.3. The maximum absolute atomic E-state index is 2.39. The molecule has 3 aromatic carbocycles. The van der Waals surface area contributed by atoms with Crippen molar-refractivity contribution in [2.24, 2.45) is 0 Å². The van der Waals surface area contributed by atoms with Crippen LogP contribution in [0.25, 0.3) is 0 Å². The summed E-state index contributed by atoms with van der Waals surface area (Å²) in [6.07, 6.45) is 0. The van der Waals surface area contributed by atoms with Gasteiger partial charge in [-0.2, -0.15) is 0 Å². The minimum Gasteiger partial charge on any atom is -0.0619 e. The molecule has 21 heavy (non-hydrogen) atoms. The largest absolute Gasteiger partial charge is 0.0619 e. The summed E-state index contributed by atoms with van der Waals surface area (Å²) in [5.74, 6) is 0.399. The molecule has 0 aromatic heterocycles. The highest BCUT2D eigenvalue weighted by Crippen LogP contribution is 2.58. The summed E-state index contributed by atoms with van der Waals surface area (Å²) in [4.78, 5) is 0. The van der Waals surface area contributed by atoms with Crippen molar-refractivity contribution in [1.82, 2.24) is 0 Å². The van der Waals surface area contributed by atoms with E-state index in [0.717, 1.165) is 0 Å². The summed E-state index contributed by atoms with van der Waals surface area (Å²) < 4.78 is 0. The molecule has 3 aromatic rings. The molecule has 0 amide bonds. The minimum atomic E-state index is -0.0153. The standard InChI is InChI=1S/C21H16/c1-21-17-11-5-2-8-14(17)20(15-9-3-6-12-18(15)21)16-10-4-7-13-19(16)21/h2-13,20H,1H3. The quantitative estimate of drug-likeness (QED) is 0.547. The first-order chi connectivity index (χ1) is 10.3. The van der Waals surface area contributed by atoms with Gasteiger partial charge in [0.15, 0.2) is 0 Å². The molecule has 0 nitrogen and oxygen atoms in total. The van der Waals surface area contributed by atoms with Gasteiger partial charge in [-0.05, 0) is 40.3 Å². The maximum atomic E-state index is 2.39. The average Bonchev–Trinajstić information content (AvgIpc) is 2.56. The van der Waals surface area contributed by atoms with Crippen LogP contribution in [0.2, 0.25) is 0 Å². The lowest BCUT2D eigenvalue weighted by Gasteiger charge is -2.49. The first-order valence-electron chi connectivity index (χ1n) is 7.60. The Morgan fingerprint density at radius 3 is 1.29 bits per heavy atom. The molecule has 6 rings (SSSR count). The second-order valence-electron chi connectivity index (χ2n) is 6.32. The van der Waals surface area contributed by atoms with Gasteiger partial charge in [-0.3, -0.25) is 0 Å². The fraction of sp³-hybridized carbons (Fsp3) is 0.143. The molecule has 2 bridgehead atoms. The normalized spacial score (nSPS) is 24.1. The van der Waals surface area contributed by atoms with Crippen LogP contribution in [0.1, 0.15) is 46.2 Å². The lowest BCUT2D eigenvalue weighted by Crippen LogP contribution is -2.39. The van der Waals surface area contributed by atoms with Crippen molar-refractivity contribution < 1.29 is 0 Å². The fourth-order valence-electron chi connectivity index (χ4n) is 4.55. The molecule has 0 spiro atoms. The minimum absolute atomic E-state index is 0.0153. The van der Waals surface area contributed by atoms with Crippen LogP contribution < -0.4 is 0 Å². The van der Waals surface area contributed by atoms with Crippen molar-refractivity contribution in [2.45, 2.75) is 18.3 Å². The molecule has 0 fully saturated rings. The van der Waals surface area contributed by atoms with Gasteiger partial charge in [-0.1, -0.05) is 72.8 Å². The highest BCUT2D eigenvalue weighted by Gasteiger charge is 2.48. The van der Waals surface area contributed by atoms with Crippen LogP contribution in [0, 0.1) is 0 Å². The van der Waals surface area contributed by atoms with Crippen LogP contribution >= 0.6 is 0 Å². The Bertz CT molecular complexity index is 757. The molecule has 0 radical (unpaired) electrons. The zero-order chi connectivity index (χ0) is 14.0. The second-order valence-corrected chi connectivity index (χ2v) is 6.32. The van der Waals surface area contributed by atoms with E-state index in [2.05, 4.69) is 79.7 Å². The molecule has 0 saturated heterocycles. The van der Waals surface area contributed by atoms with Crippen molar-refractivity contribution in [2.75, 3.05) is 0 Å². The van der Waals surface area contributed by atoms with Gasteiger partial charge in [0, 0.05) is 11.3 Å². The summed E-state index contributed by atoms with van der Waals surface area (Å²) in [5, 5.41) is 0. The van der Waals surface area contributed by atoms with Gasteiger partial charge in [0.25, 0.3) is 0 Å². The van der Waals surface area contributed by atoms with Crippen molar-refractivity contribution in [3.63, 3.8) is 0 Å². The van der Waals surface area contributed by atoms with Gasteiger partial charge < -0.3 is 0 Å². The predicted molar refractivity (Wildman–Crippen MR) is 85.8 cm³/mol. The van der Waals surface area contributed by atoms with Crippen molar-refractivity contribution >= 4 is 0 Å². The Hall–Kier alpha value is -2.34. The van der Waals surface area contributed by atoms with E-state index in [4.69, 9.17) is 0 Å². The number of benzene rings is 3. The molecule has 0 heterocycles. The van der Waals surface area contributed by atoms with Crippen molar-refractivity contribution in [1.29, 1.82) is 0 Å². The van der Waals surface area contributed by atoms with E-state index in [-0.39, 0.29) is 5.41 Å². The third-order valence-corrected chi connectivity index (χ3v) is 5.43. The summed E-state index contributed by atoms with van der Waals surface area (Å²) in [5.41, 5.74) is 8.87. The lowest BCUT2D eigenvalue weighted by atomic mass is 9.54. The van der Waals surface area contributed by atoms with Gasteiger partial charge in [-0.15, -0.1) is 0 Å². The van der Waals surface area contributed by atoms with Gasteiger partial charge in [0.05, 0.1) is 0 Å². The summed E-state index contributed by atoms with van der Waals surface area (Å²) in [7, 11) is 0. The molecule has 0 atom stereocenters. The van der Waals surface area contributed by atoms with Crippen LogP contribution in [0.5, 0.6) is 0 Å². The molecule has 100 valence electrons. The SMILES string of the molecule is CC12c3ccccc3C(c3ccccc31)c1ccccc12. The summed E-state index contributed by atoms with van der Waals surface area (Å²) in [6, 6.07) is 26.9. The number of hydrogen-bond donors (Lipinski definition) is 0. The van der Waals surface area contributed by atoms with Crippen LogP contribution in [0.3, 0.4) is 0 Å². The van der Waals surface area contributed by atoms with Crippen LogP contribution in [-0.2, 0) is 5.41 Å². The van der Waals surface area contributed by atoms with Gasteiger partial charge >= 0.3 is 0 Å². The van der Waals surface area contributed by atoms with E-state index in [1.807, 2.05) is 0 Å². The Morgan fingerprint density at radius 2 is 0.905 bits per heavy atom. The Balaban J connectivity index is 2.00. The monoisotopic (exact) mass is 268 g/mol. The summed E-state index contributed by atoms with van der Waals surface area (Å²) >= 11 is 0. The van der Waals surface area contributed by atoms with Crippen LogP contribution in [0.15, 0.2) is 72.8 Å². The molecule has 0 heteroatoms. The number of hydrogen-bond acceptors (Lipinski definition) is 0. The Kier molecular flexibility index (Phi) is 1.97. The first-order valence-corrected chi connectivity index (χ1v) is 7.60. The van der Waals surface area contributed by atoms with Crippen LogP contribution in [-0.4, -0.2) is 0 Å². The third-order valence-electron chi connectivity index (χ3n) is 5.43. The highest BCUT2D eigenvalue weighted by atomic mass is 14.5. The van der Waals surface area contributed by atoms with Crippen LogP contribution in [0.4, 0.5) is 0 Å². The second kappa shape index (κ2) is 3.65. The average molecular weight is 268 g/mol. The summed E-state index contributed by atoms with van der Waals surface area (Å²) in [6.45, 7) is 2.39. The van der Waals surface area contributed by atoms with Gasteiger partial charge in [0.1, 0.15) is 0 Å². The van der Waals surface area contributed by atoms with Gasteiger partial charge in [-0.25, -0.2) is 0 Å². The predicted octanol–water partition coefficient (Wildman–Crippen LogP) is 4.85. The van der Waals surface area contributed by atoms with Crippen molar-refractivity contribution in [3.05, 3.63) is 106 Å². The number of rotatable bonds is 0. The molecular formula is C21H16. The maximum Gasteiger partial charge on any atom is 0.0432 e. The lowest BCUT2D eigenvalue weighted by molar-refractivity contribution is 0.593. The zero-order valence-electron chi connectivity index (χ0n) is 12.0.